The zero-order valence-corrected chi connectivity index (χ0v) is 17.3. The zero-order valence-electron chi connectivity index (χ0n) is 16.4. The highest BCUT2D eigenvalue weighted by Gasteiger charge is 2.49. The fraction of sp³-hybridized carbons (Fsp3) is 0.765. The van der Waals surface area contributed by atoms with E-state index >= 15 is 0 Å². The number of aromatic amines is 1. The number of H-pyrrole nitrogens is 1. The van der Waals surface area contributed by atoms with Crippen molar-refractivity contribution < 1.29 is 13.6 Å². The Labute approximate surface area is 154 Å². The van der Waals surface area contributed by atoms with Crippen molar-refractivity contribution in [3.8, 4) is 0 Å². The van der Waals surface area contributed by atoms with Crippen LogP contribution in [0.25, 0.3) is 0 Å². The van der Waals surface area contributed by atoms with Gasteiger partial charge in [0.1, 0.15) is 6.29 Å². The molecule has 9 heteroatoms. The summed E-state index contributed by atoms with van der Waals surface area (Å²) in [5.41, 5.74) is -0.602. The first-order chi connectivity index (χ1) is 12.0. The van der Waals surface area contributed by atoms with Crippen LogP contribution in [-0.2, 0) is 20.2 Å². The summed E-state index contributed by atoms with van der Waals surface area (Å²) in [6.07, 6.45) is 3.04. The molecule has 2 rings (SSSR count). The van der Waals surface area contributed by atoms with Crippen LogP contribution in [0.4, 0.5) is 0 Å². The van der Waals surface area contributed by atoms with E-state index in [1.54, 1.807) is 13.1 Å². The predicted octanol–water partition coefficient (Wildman–Crippen LogP) is 2.31. The number of aryl methyl sites for hydroxylation is 1. The third kappa shape index (κ3) is 5.16. The number of hydrogen-bond acceptors (Lipinski definition) is 6. The van der Waals surface area contributed by atoms with E-state index in [-0.39, 0.29) is 29.6 Å². The first kappa shape index (κ1) is 21.1. The van der Waals surface area contributed by atoms with E-state index in [1.165, 1.54) is 4.57 Å². The maximum atomic E-state index is 13.1. The lowest BCUT2D eigenvalue weighted by Crippen LogP contribution is -2.42. The summed E-state index contributed by atoms with van der Waals surface area (Å²) in [5, 5.41) is 0. The minimum absolute atomic E-state index is 0.153. The van der Waals surface area contributed by atoms with E-state index in [4.69, 9.17) is 9.05 Å². The largest absolute Gasteiger partial charge is 0.345 e. The van der Waals surface area contributed by atoms with Crippen LogP contribution in [-0.4, -0.2) is 45.5 Å². The number of hydrogen-bond donors (Lipinski definition) is 1. The molecule has 0 radical (unpaired) electrons. The average Bonchev–Trinajstić information content (AvgIpc) is 3.23. The molecule has 0 aliphatic heterocycles. The highest BCUT2D eigenvalue weighted by Crippen LogP contribution is 2.54. The Balaban J connectivity index is 2.18. The first-order valence-electron chi connectivity index (χ1n) is 8.94. The van der Waals surface area contributed by atoms with Crippen molar-refractivity contribution in [1.29, 1.82) is 0 Å². The Kier molecular flexibility index (Phi) is 6.33. The highest BCUT2D eigenvalue weighted by atomic mass is 31.2. The highest BCUT2D eigenvalue weighted by molar-refractivity contribution is 7.53. The molecule has 1 aromatic heterocycles. The smallest absolute Gasteiger partial charge is 0.305 e. The summed E-state index contributed by atoms with van der Waals surface area (Å²) in [6, 6.07) is 0. The minimum Gasteiger partial charge on any atom is -0.305 e. The van der Waals surface area contributed by atoms with Crippen LogP contribution in [0.3, 0.4) is 0 Å². The Morgan fingerprint density at radius 3 is 2.23 bits per heavy atom. The van der Waals surface area contributed by atoms with Crippen molar-refractivity contribution in [3.05, 3.63) is 32.6 Å². The topological polar surface area (TPSA) is 93.6 Å². The zero-order chi connectivity index (χ0) is 19.7. The summed E-state index contributed by atoms with van der Waals surface area (Å²) in [4.78, 5) is 27.9. The van der Waals surface area contributed by atoms with Crippen LogP contribution in [0.15, 0.2) is 15.8 Å². The number of nitrogens with one attached hydrogen (secondary N) is 1. The second kappa shape index (κ2) is 7.80. The number of nitrogens with zero attached hydrogens (tertiary/aromatic N) is 2. The van der Waals surface area contributed by atoms with Crippen molar-refractivity contribution in [2.45, 2.75) is 71.8 Å². The van der Waals surface area contributed by atoms with Gasteiger partial charge in [0, 0.05) is 23.8 Å². The summed E-state index contributed by atoms with van der Waals surface area (Å²) in [7, 11) is -1.43. The van der Waals surface area contributed by atoms with Gasteiger partial charge in [-0.2, -0.15) is 0 Å². The Hall–Kier alpha value is -1.21. The van der Waals surface area contributed by atoms with Gasteiger partial charge in [0.2, 0.25) is 0 Å². The molecule has 1 aromatic rings. The van der Waals surface area contributed by atoms with Gasteiger partial charge >= 0.3 is 13.3 Å². The predicted molar refractivity (Wildman–Crippen MR) is 101 cm³/mol. The van der Waals surface area contributed by atoms with Crippen LogP contribution in [0, 0.1) is 6.92 Å². The molecule has 0 amide bonds. The van der Waals surface area contributed by atoms with Gasteiger partial charge in [-0.1, -0.05) is 0 Å². The van der Waals surface area contributed by atoms with Crippen molar-refractivity contribution in [3.63, 3.8) is 0 Å². The molecule has 1 fully saturated rings. The van der Waals surface area contributed by atoms with Gasteiger partial charge in [-0.15, -0.1) is 0 Å². The Bertz CT molecular complexity index is 780. The molecule has 1 N–H and O–H groups in total. The van der Waals surface area contributed by atoms with Gasteiger partial charge in [-0.05, 0) is 54.5 Å². The molecule has 1 heterocycles. The molecule has 26 heavy (non-hydrogen) atoms. The molecule has 0 spiro atoms. The van der Waals surface area contributed by atoms with E-state index in [0.29, 0.717) is 12.1 Å². The molecular weight excluding hydrogens is 357 g/mol. The van der Waals surface area contributed by atoms with Gasteiger partial charge in [0.15, 0.2) is 0 Å². The van der Waals surface area contributed by atoms with Crippen LogP contribution in [0.2, 0.25) is 0 Å². The van der Waals surface area contributed by atoms with Crippen LogP contribution in [0.1, 0.15) is 46.1 Å². The Morgan fingerprint density at radius 2 is 1.77 bits per heavy atom. The molecule has 8 nitrogen and oxygen atoms in total. The SMILES string of the molecule is Cc1cn(CC2(N(C)CP(=O)(OC(C)C)OC(C)C)CC2)c(=O)[nH]c1=O. The molecule has 0 atom stereocenters. The maximum Gasteiger partial charge on any atom is 0.345 e. The molecule has 0 bridgehead atoms. The van der Waals surface area contributed by atoms with E-state index in [9.17, 15) is 14.2 Å². The number of likely N-dealkylation sites (N-methyl/N-ethyl adjacent to an activating group) is 1. The third-order valence-electron chi connectivity index (χ3n) is 4.42. The Morgan fingerprint density at radius 1 is 1.23 bits per heavy atom. The van der Waals surface area contributed by atoms with Crippen LogP contribution >= 0.6 is 7.60 Å². The number of rotatable bonds is 9. The lowest BCUT2D eigenvalue weighted by Gasteiger charge is -2.32. The van der Waals surface area contributed by atoms with E-state index in [2.05, 4.69) is 4.98 Å². The molecule has 148 valence electrons. The normalized spacial score (nSPS) is 16.7. The minimum atomic E-state index is -3.30. The van der Waals surface area contributed by atoms with Gasteiger partial charge in [-0.3, -0.25) is 23.8 Å². The summed E-state index contributed by atoms with van der Waals surface area (Å²) in [5.74, 6) is 0. The second-order valence-corrected chi connectivity index (χ2v) is 9.61. The lowest BCUT2D eigenvalue weighted by atomic mass is 10.2. The quantitative estimate of drug-likeness (QED) is 0.654. The molecule has 1 aliphatic carbocycles. The van der Waals surface area contributed by atoms with Crippen LogP contribution in [0.5, 0.6) is 0 Å². The summed E-state index contributed by atoms with van der Waals surface area (Å²) >= 11 is 0. The molecule has 0 aromatic carbocycles. The van der Waals surface area contributed by atoms with Crippen molar-refractivity contribution in [1.82, 2.24) is 14.5 Å². The van der Waals surface area contributed by atoms with E-state index in [1.807, 2.05) is 39.6 Å². The molecule has 0 unspecified atom stereocenters. The molecule has 1 aliphatic rings. The standard InChI is InChI=1S/C17H30N3O5P/c1-12(2)24-26(23,25-13(3)4)11-19(6)17(7-8-17)10-20-9-14(5)15(21)18-16(20)22/h9,12-13H,7-8,10-11H2,1-6H3,(H,18,21,22). The van der Waals surface area contributed by atoms with Gasteiger partial charge < -0.3 is 9.05 Å². The van der Waals surface area contributed by atoms with Crippen LogP contribution < -0.4 is 11.2 Å². The lowest BCUT2D eigenvalue weighted by molar-refractivity contribution is 0.122. The first-order valence-corrected chi connectivity index (χ1v) is 10.7. The van der Waals surface area contributed by atoms with Crippen molar-refractivity contribution in [2.24, 2.45) is 0 Å². The summed E-state index contributed by atoms with van der Waals surface area (Å²) in [6.45, 7) is 9.39. The van der Waals surface area contributed by atoms with Crippen molar-refractivity contribution in [2.75, 3.05) is 13.3 Å². The second-order valence-electron chi connectivity index (χ2n) is 7.68. The van der Waals surface area contributed by atoms with Gasteiger partial charge in [-0.25, -0.2) is 4.79 Å². The molecular formula is C17H30N3O5P. The monoisotopic (exact) mass is 387 g/mol. The fourth-order valence-electron chi connectivity index (χ4n) is 3.00. The number of aromatic nitrogens is 2. The van der Waals surface area contributed by atoms with Crippen molar-refractivity contribution >= 4 is 7.60 Å². The van der Waals surface area contributed by atoms with E-state index < -0.39 is 13.3 Å². The molecule has 1 saturated carbocycles. The molecule has 0 saturated heterocycles. The maximum absolute atomic E-state index is 13.1. The average molecular weight is 387 g/mol. The third-order valence-corrected chi connectivity index (χ3v) is 6.68. The summed E-state index contributed by atoms with van der Waals surface area (Å²) < 4.78 is 25.9. The van der Waals surface area contributed by atoms with E-state index in [0.717, 1.165) is 12.8 Å². The fourth-order valence-corrected chi connectivity index (χ4v) is 5.29. The van der Waals surface area contributed by atoms with Gasteiger partial charge in [0.25, 0.3) is 5.56 Å². The van der Waals surface area contributed by atoms with Gasteiger partial charge in [0.05, 0.1) is 12.2 Å².